The lowest BCUT2D eigenvalue weighted by molar-refractivity contribution is 0.181. The van der Waals surface area contributed by atoms with Crippen molar-refractivity contribution < 1.29 is 0 Å². The second-order valence-electron chi connectivity index (χ2n) is 6.85. The van der Waals surface area contributed by atoms with Crippen LogP contribution >= 0.6 is 11.3 Å². The van der Waals surface area contributed by atoms with Crippen molar-refractivity contribution in [3.63, 3.8) is 0 Å². The number of aryl methyl sites for hydroxylation is 2. The highest BCUT2D eigenvalue weighted by molar-refractivity contribution is 7.11. The number of rotatable bonds is 7. The van der Waals surface area contributed by atoms with Crippen molar-refractivity contribution in [2.24, 2.45) is 10.9 Å². The van der Waals surface area contributed by atoms with Crippen molar-refractivity contribution >= 4 is 17.3 Å². The predicted molar refractivity (Wildman–Crippen MR) is 104 cm³/mol. The minimum absolute atomic E-state index is 0.794. The summed E-state index contributed by atoms with van der Waals surface area (Å²) in [5, 5.41) is 7.93. The number of unbranched alkanes of at least 4 members (excludes halogenated alkanes) is 1. The smallest absolute Gasteiger partial charge is 0.191 e. The number of piperidine rings is 1. The van der Waals surface area contributed by atoms with Crippen molar-refractivity contribution in [3.8, 4) is 0 Å². The van der Waals surface area contributed by atoms with E-state index in [0.717, 1.165) is 35.7 Å². The molecule has 136 valence electrons. The summed E-state index contributed by atoms with van der Waals surface area (Å²) < 4.78 is 0. The fraction of sp³-hybridized carbons (Fsp3) is 0.778. The molecule has 1 aliphatic rings. The second kappa shape index (κ2) is 9.99. The molecule has 0 spiro atoms. The Morgan fingerprint density at radius 3 is 2.83 bits per heavy atom. The number of nitrogens with one attached hydrogen (secondary N) is 2. The Labute approximate surface area is 151 Å². The minimum Gasteiger partial charge on any atom is -0.356 e. The largest absolute Gasteiger partial charge is 0.356 e. The molecule has 0 amide bonds. The highest BCUT2D eigenvalue weighted by atomic mass is 32.1. The molecule has 1 saturated heterocycles. The van der Waals surface area contributed by atoms with Crippen LogP contribution in [-0.4, -0.2) is 49.1 Å². The molecular weight excluding hydrogens is 318 g/mol. The van der Waals surface area contributed by atoms with E-state index < -0.39 is 0 Å². The Hall–Kier alpha value is -1.14. The van der Waals surface area contributed by atoms with Crippen LogP contribution in [0.2, 0.25) is 0 Å². The van der Waals surface area contributed by atoms with Gasteiger partial charge in [0.25, 0.3) is 0 Å². The summed E-state index contributed by atoms with van der Waals surface area (Å²) in [4.78, 5) is 12.7. The average molecular weight is 352 g/mol. The molecule has 0 saturated carbocycles. The van der Waals surface area contributed by atoms with Gasteiger partial charge in [0.15, 0.2) is 5.96 Å². The third-order valence-corrected chi connectivity index (χ3v) is 5.65. The maximum Gasteiger partial charge on any atom is 0.191 e. The van der Waals surface area contributed by atoms with Crippen molar-refractivity contribution in [1.82, 2.24) is 20.5 Å². The highest BCUT2D eigenvalue weighted by Gasteiger charge is 2.15. The molecule has 2 rings (SSSR count). The molecule has 0 aliphatic carbocycles. The molecule has 1 aromatic heterocycles. The number of hydrogen-bond acceptors (Lipinski definition) is 4. The predicted octanol–water partition coefficient (Wildman–Crippen LogP) is 2.94. The first-order valence-electron chi connectivity index (χ1n) is 9.18. The van der Waals surface area contributed by atoms with Crippen molar-refractivity contribution in [2.75, 3.05) is 33.2 Å². The summed E-state index contributed by atoms with van der Waals surface area (Å²) >= 11 is 1.75. The molecule has 1 aliphatic heterocycles. The molecule has 1 unspecified atom stereocenters. The van der Waals surface area contributed by atoms with Gasteiger partial charge < -0.3 is 15.5 Å². The zero-order valence-electron chi connectivity index (χ0n) is 15.7. The lowest BCUT2D eigenvalue weighted by Crippen LogP contribution is -2.38. The fourth-order valence-corrected chi connectivity index (χ4v) is 4.16. The quantitative estimate of drug-likeness (QED) is 0.450. The van der Waals surface area contributed by atoms with Gasteiger partial charge in [0.1, 0.15) is 0 Å². The molecule has 1 fully saturated rings. The molecule has 5 nitrogen and oxygen atoms in total. The summed E-state index contributed by atoms with van der Waals surface area (Å²) in [6.45, 7) is 12.1. The number of guanidine groups is 1. The van der Waals surface area contributed by atoms with Crippen LogP contribution < -0.4 is 10.6 Å². The number of nitrogens with zero attached hydrogens (tertiary/aromatic N) is 3. The molecule has 0 aromatic carbocycles. The SMILES string of the molecule is CN=C(NCCCCN1CCCC(C)C1)NCc1sc(C)nc1C. The molecule has 0 bridgehead atoms. The summed E-state index contributed by atoms with van der Waals surface area (Å²) in [5.74, 6) is 1.76. The van der Waals surface area contributed by atoms with E-state index in [1.54, 1.807) is 11.3 Å². The van der Waals surface area contributed by atoms with E-state index in [0.29, 0.717) is 0 Å². The topological polar surface area (TPSA) is 52.6 Å². The standard InChI is InChI=1S/C18H33N5S/c1-14-8-7-11-23(13-14)10-6-5-9-20-18(19-4)21-12-17-15(2)22-16(3)24-17/h14H,5-13H2,1-4H3,(H2,19,20,21). The molecule has 1 aromatic rings. The normalized spacial score (nSPS) is 19.5. The third-order valence-electron chi connectivity index (χ3n) is 4.57. The van der Waals surface area contributed by atoms with Gasteiger partial charge >= 0.3 is 0 Å². The zero-order chi connectivity index (χ0) is 17.4. The lowest BCUT2D eigenvalue weighted by atomic mass is 10.0. The Morgan fingerprint density at radius 1 is 1.33 bits per heavy atom. The molecule has 1 atom stereocenters. The molecule has 6 heteroatoms. The molecule has 2 heterocycles. The summed E-state index contributed by atoms with van der Waals surface area (Å²) in [6, 6.07) is 0. The Bertz CT molecular complexity index is 525. The molecule has 2 N–H and O–H groups in total. The van der Waals surface area contributed by atoms with Crippen molar-refractivity contribution in [1.29, 1.82) is 0 Å². The van der Waals surface area contributed by atoms with Crippen molar-refractivity contribution in [2.45, 2.75) is 53.0 Å². The van der Waals surface area contributed by atoms with Gasteiger partial charge in [-0.15, -0.1) is 11.3 Å². The number of likely N-dealkylation sites (tertiary alicyclic amines) is 1. The first-order valence-corrected chi connectivity index (χ1v) is 10.00. The second-order valence-corrected chi connectivity index (χ2v) is 8.14. The fourth-order valence-electron chi connectivity index (χ4n) is 3.28. The average Bonchev–Trinajstić information content (AvgIpc) is 2.88. The van der Waals surface area contributed by atoms with Crippen LogP contribution in [0.4, 0.5) is 0 Å². The van der Waals surface area contributed by atoms with Crippen LogP contribution in [0.1, 0.15) is 48.2 Å². The van der Waals surface area contributed by atoms with Gasteiger partial charge in [0, 0.05) is 25.0 Å². The number of hydrogen-bond donors (Lipinski definition) is 2. The Morgan fingerprint density at radius 2 is 2.17 bits per heavy atom. The summed E-state index contributed by atoms with van der Waals surface area (Å²) in [5.41, 5.74) is 1.12. The van der Waals surface area contributed by atoms with Crippen molar-refractivity contribution in [3.05, 3.63) is 15.6 Å². The molecule has 0 radical (unpaired) electrons. The van der Waals surface area contributed by atoms with E-state index in [4.69, 9.17) is 0 Å². The lowest BCUT2D eigenvalue weighted by Gasteiger charge is -2.30. The van der Waals surface area contributed by atoms with Gasteiger partial charge in [-0.1, -0.05) is 6.92 Å². The first-order chi connectivity index (χ1) is 11.6. The van der Waals surface area contributed by atoms with E-state index >= 15 is 0 Å². The van der Waals surface area contributed by atoms with Crippen LogP contribution in [0.15, 0.2) is 4.99 Å². The minimum atomic E-state index is 0.794. The van der Waals surface area contributed by atoms with Gasteiger partial charge in [-0.3, -0.25) is 4.99 Å². The Balaban J connectivity index is 1.59. The monoisotopic (exact) mass is 351 g/mol. The number of thiazole rings is 1. The number of aromatic nitrogens is 1. The molecular formula is C18H33N5S. The van der Waals surface area contributed by atoms with Crippen LogP contribution in [0.5, 0.6) is 0 Å². The van der Waals surface area contributed by atoms with Crippen LogP contribution in [0.25, 0.3) is 0 Å². The zero-order valence-corrected chi connectivity index (χ0v) is 16.5. The summed E-state index contributed by atoms with van der Waals surface area (Å²) in [7, 11) is 1.83. The van der Waals surface area contributed by atoms with Gasteiger partial charge in [0.2, 0.25) is 0 Å². The van der Waals surface area contributed by atoms with Gasteiger partial charge in [0.05, 0.1) is 17.2 Å². The van der Waals surface area contributed by atoms with Gasteiger partial charge in [-0.2, -0.15) is 0 Å². The maximum atomic E-state index is 4.46. The van der Waals surface area contributed by atoms with Crippen LogP contribution in [-0.2, 0) is 6.54 Å². The Kier molecular flexibility index (Phi) is 7.99. The van der Waals surface area contributed by atoms with E-state index in [9.17, 15) is 0 Å². The van der Waals surface area contributed by atoms with Crippen LogP contribution in [0.3, 0.4) is 0 Å². The van der Waals surface area contributed by atoms with E-state index in [1.165, 1.54) is 50.2 Å². The highest BCUT2D eigenvalue weighted by Crippen LogP contribution is 2.16. The first kappa shape index (κ1) is 19.2. The molecule has 24 heavy (non-hydrogen) atoms. The third kappa shape index (κ3) is 6.40. The van der Waals surface area contributed by atoms with Gasteiger partial charge in [-0.25, -0.2) is 4.98 Å². The number of aliphatic imine (C=N–C) groups is 1. The maximum absolute atomic E-state index is 4.46. The van der Waals surface area contributed by atoms with E-state index in [2.05, 4.69) is 46.3 Å². The van der Waals surface area contributed by atoms with E-state index in [1.807, 2.05) is 7.05 Å². The summed E-state index contributed by atoms with van der Waals surface area (Å²) in [6.07, 6.45) is 5.21. The van der Waals surface area contributed by atoms with E-state index in [-0.39, 0.29) is 0 Å². The van der Waals surface area contributed by atoms with Gasteiger partial charge in [-0.05, 0) is 58.5 Å². The van der Waals surface area contributed by atoms with Crippen LogP contribution in [0, 0.1) is 19.8 Å².